The number of nitriles is 1. The van der Waals surface area contributed by atoms with Gasteiger partial charge in [-0.1, -0.05) is 29.3 Å². The van der Waals surface area contributed by atoms with E-state index in [0.29, 0.717) is 15.6 Å². The fraction of sp³-hybridized carbons (Fsp3) is 0.167. The number of halogens is 2. The molecule has 0 atom stereocenters. The van der Waals surface area contributed by atoms with Gasteiger partial charge in [0.25, 0.3) is 0 Å². The predicted molar refractivity (Wildman–Crippen MR) is 66.7 cm³/mol. The Kier molecular flexibility index (Phi) is 5.02. The van der Waals surface area contributed by atoms with E-state index in [1.807, 2.05) is 0 Å². The second kappa shape index (κ2) is 6.29. The molecule has 1 aromatic rings. The molecule has 0 aliphatic heterocycles. The standard InChI is InChI=1S/C12H9Cl2NO2/c1-2-17-12(16)9(7-15)5-8-3-4-10(13)6-11(8)14/h3-6H,2H2,1H3. The molecule has 0 aliphatic rings. The van der Waals surface area contributed by atoms with Crippen LogP contribution in [0.15, 0.2) is 23.8 Å². The second-order valence-electron chi connectivity index (χ2n) is 3.06. The van der Waals surface area contributed by atoms with E-state index >= 15 is 0 Å². The lowest BCUT2D eigenvalue weighted by Crippen LogP contribution is -2.06. The van der Waals surface area contributed by atoms with Crippen molar-refractivity contribution in [1.29, 1.82) is 5.26 Å². The van der Waals surface area contributed by atoms with Crippen LogP contribution in [-0.2, 0) is 9.53 Å². The first-order chi connectivity index (χ1) is 8.08. The number of ether oxygens (including phenoxy) is 1. The molecule has 0 amide bonds. The number of carbonyl (C=O) groups excluding carboxylic acids is 1. The van der Waals surface area contributed by atoms with Crippen molar-refractivity contribution in [2.45, 2.75) is 6.92 Å². The number of rotatable bonds is 3. The highest BCUT2D eigenvalue weighted by atomic mass is 35.5. The summed E-state index contributed by atoms with van der Waals surface area (Å²) < 4.78 is 4.73. The molecule has 0 saturated heterocycles. The Bertz CT molecular complexity index is 504. The fourth-order valence-electron chi connectivity index (χ4n) is 1.12. The van der Waals surface area contributed by atoms with E-state index in [4.69, 9.17) is 33.2 Å². The van der Waals surface area contributed by atoms with Crippen LogP contribution < -0.4 is 0 Å². The fourth-order valence-corrected chi connectivity index (χ4v) is 1.58. The summed E-state index contributed by atoms with van der Waals surface area (Å²) in [7, 11) is 0. The lowest BCUT2D eigenvalue weighted by atomic mass is 10.1. The Morgan fingerprint density at radius 2 is 2.24 bits per heavy atom. The van der Waals surface area contributed by atoms with Gasteiger partial charge in [-0.25, -0.2) is 4.79 Å². The summed E-state index contributed by atoms with van der Waals surface area (Å²) in [6.07, 6.45) is 1.37. The highest BCUT2D eigenvalue weighted by molar-refractivity contribution is 6.35. The highest BCUT2D eigenvalue weighted by Crippen LogP contribution is 2.23. The number of esters is 1. The molecule has 0 aromatic heterocycles. The summed E-state index contributed by atoms with van der Waals surface area (Å²) in [5.41, 5.74) is 0.441. The zero-order valence-corrected chi connectivity index (χ0v) is 10.5. The first kappa shape index (κ1) is 13.6. The van der Waals surface area contributed by atoms with Crippen LogP contribution in [0.4, 0.5) is 0 Å². The minimum atomic E-state index is -0.666. The van der Waals surface area contributed by atoms with Gasteiger partial charge in [-0.15, -0.1) is 0 Å². The van der Waals surface area contributed by atoms with Crippen molar-refractivity contribution in [1.82, 2.24) is 0 Å². The summed E-state index contributed by atoms with van der Waals surface area (Å²) in [6.45, 7) is 1.88. The Morgan fingerprint density at radius 1 is 1.53 bits per heavy atom. The van der Waals surface area contributed by atoms with Gasteiger partial charge in [0.05, 0.1) is 6.61 Å². The number of hydrogen-bond acceptors (Lipinski definition) is 3. The number of nitrogens with zero attached hydrogens (tertiary/aromatic N) is 1. The normalized spacial score (nSPS) is 10.8. The van der Waals surface area contributed by atoms with Crippen LogP contribution in [0.3, 0.4) is 0 Å². The van der Waals surface area contributed by atoms with Gasteiger partial charge in [0.15, 0.2) is 0 Å². The molecule has 5 heteroatoms. The SMILES string of the molecule is CCOC(=O)C(C#N)=Cc1ccc(Cl)cc1Cl. The Hall–Kier alpha value is -1.50. The average Bonchev–Trinajstić information content (AvgIpc) is 2.28. The van der Waals surface area contributed by atoms with Gasteiger partial charge < -0.3 is 4.74 Å². The van der Waals surface area contributed by atoms with Crippen LogP contribution >= 0.6 is 23.2 Å². The molecule has 88 valence electrons. The molecule has 1 rings (SSSR count). The van der Waals surface area contributed by atoms with Crippen LogP contribution in [0.25, 0.3) is 6.08 Å². The van der Waals surface area contributed by atoms with Gasteiger partial charge >= 0.3 is 5.97 Å². The molecule has 0 fully saturated rings. The molecular weight excluding hydrogens is 261 g/mol. The van der Waals surface area contributed by atoms with Crippen LogP contribution in [0.2, 0.25) is 10.0 Å². The van der Waals surface area contributed by atoms with Gasteiger partial charge in [0, 0.05) is 10.0 Å². The van der Waals surface area contributed by atoms with Gasteiger partial charge in [-0.05, 0) is 30.7 Å². The van der Waals surface area contributed by atoms with E-state index in [1.165, 1.54) is 12.1 Å². The van der Waals surface area contributed by atoms with E-state index in [9.17, 15) is 4.79 Å². The first-order valence-corrected chi connectivity index (χ1v) is 5.58. The van der Waals surface area contributed by atoms with Crippen LogP contribution in [0.5, 0.6) is 0 Å². The monoisotopic (exact) mass is 269 g/mol. The second-order valence-corrected chi connectivity index (χ2v) is 3.90. The molecule has 0 unspecified atom stereocenters. The Labute approximate surface area is 109 Å². The van der Waals surface area contributed by atoms with Crippen molar-refractivity contribution in [2.75, 3.05) is 6.61 Å². The van der Waals surface area contributed by atoms with Gasteiger partial charge in [0.2, 0.25) is 0 Å². The number of carbonyl (C=O) groups is 1. The molecule has 17 heavy (non-hydrogen) atoms. The largest absolute Gasteiger partial charge is 0.462 e. The molecule has 0 N–H and O–H groups in total. The van der Waals surface area contributed by atoms with Gasteiger partial charge in [-0.3, -0.25) is 0 Å². The minimum absolute atomic E-state index is 0.101. The Morgan fingerprint density at radius 3 is 2.76 bits per heavy atom. The first-order valence-electron chi connectivity index (χ1n) is 4.82. The van der Waals surface area contributed by atoms with E-state index in [1.54, 1.807) is 25.1 Å². The lowest BCUT2D eigenvalue weighted by molar-refractivity contribution is -0.137. The molecule has 3 nitrogen and oxygen atoms in total. The molecule has 0 aliphatic carbocycles. The van der Waals surface area contributed by atoms with Crippen molar-refractivity contribution in [3.8, 4) is 6.07 Å². The van der Waals surface area contributed by atoms with Crippen molar-refractivity contribution >= 4 is 35.2 Å². The number of hydrogen-bond donors (Lipinski definition) is 0. The van der Waals surface area contributed by atoms with Crippen LogP contribution in [-0.4, -0.2) is 12.6 Å². The van der Waals surface area contributed by atoms with Gasteiger partial charge in [0.1, 0.15) is 11.6 Å². The molecule has 0 saturated carbocycles. The third-order valence-electron chi connectivity index (χ3n) is 1.88. The zero-order valence-electron chi connectivity index (χ0n) is 9.04. The minimum Gasteiger partial charge on any atom is -0.462 e. The van der Waals surface area contributed by atoms with Gasteiger partial charge in [-0.2, -0.15) is 5.26 Å². The van der Waals surface area contributed by atoms with Crippen molar-refractivity contribution < 1.29 is 9.53 Å². The van der Waals surface area contributed by atoms with Crippen molar-refractivity contribution in [2.24, 2.45) is 0 Å². The van der Waals surface area contributed by atoms with E-state index in [-0.39, 0.29) is 12.2 Å². The molecule has 1 aromatic carbocycles. The molecule has 0 radical (unpaired) electrons. The molecule has 0 bridgehead atoms. The van der Waals surface area contributed by atoms with E-state index < -0.39 is 5.97 Å². The average molecular weight is 270 g/mol. The number of benzene rings is 1. The van der Waals surface area contributed by atoms with E-state index in [0.717, 1.165) is 0 Å². The topological polar surface area (TPSA) is 50.1 Å². The quantitative estimate of drug-likeness (QED) is 0.480. The predicted octanol–water partition coefficient (Wildman–Crippen LogP) is 3.46. The lowest BCUT2D eigenvalue weighted by Gasteiger charge is -2.01. The smallest absolute Gasteiger partial charge is 0.348 e. The van der Waals surface area contributed by atoms with Crippen LogP contribution in [0.1, 0.15) is 12.5 Å². The molecule has 0 heterocycles. The summed E-state index contributed by atoms with van der Waals surface area (Å²) in [5.74, 6) is -0.666. The van der Waals surface area contributed by atoms with Crippen LogP contribution in [0, 0.1) is 11.3 Å². The maximum absolute atomic E-state index is 11.4. The third kappa shape index (κ3) is 3.77. The highest BCUT2D eigenvalue weighted by Gasteiger charge is 2.10. The van der Waals surface area contributed by atoms with E-state index in [2.05, 4.69) is 0 Å². The molecule has 0 spiro atoms. The maximum Gasteiger partial charge on any atom is 0.348 e. The van der Waals surface area contributed by atoms with Crippen molar-refractivity contribution in [3.05, 3.63) is 39.4 Å². The molecular formula is C12H9Cl2NO2. The summed E-state index contributed by atoms with van der Waals surface area (Å²) in [5, 5.41) is 9.70. The Balaban J connectivity index is 3.07. The summed E-state index contributed by atoms with van der Waals surface area (Å²) in [4.78, 5) is 11.4. The zero-order chi connectivity index (χ0) is 12.8. The third-order valence-corrected chi connectivity index (χ3v) is 2.44. The van der Waals surface area contributed by atoms with Crippen molar-refractivity contribution in [3.63, 3.8) is 0 Å². The summed E-state index contributed by atoms with van der Waals surface area (Å²) >= 11 is 11.7. The summed E-state index contributed by atoms with van der Waals surface area (Å²) in [6, 6.07) is 6.56. The maximum atomic E-state index is 11.4.